The maximum atomic E-state index is 11.2. The van der Waals surface area contributed by atoms with Crippen molar-refractivity contribution in [3.63, 3.8) is 0 Å². The Morgan fingerprint density at radius 3 is 2.11 bits per heavy atom. The molecule has 1 rings (SSSR count). The van der Waals surface area contributed by atoms with Gasteiger partial charge in [-0.15, -0.1) is 23.5 Å². The van der Waals surface area contributed by atoms with Gasteiger partial charge in [0.15, 0.2) is 4.90 Å². The van der Waals surface area contributed by atoms with Crippen LogP contribution in [0.4, 0.5) is 10.7 Å². The Hall–Kier alpha value is -0.800. The first-order valence-corrected chi connectivity index (χ1v) is 8.52. The van der Waals surface area contributed by atoms with Crippen LogP contribution in [0.3, 0.4) is 0 Å². The van der Waals surface area contributed by atoms with E-state index in [2.05, 4.69) is 0 Å². The van der Waals surface area contributed by atoms with Crippen molar-refractivity contribution in [1.29, 1.82) is 0 Å². The fourth-order valence-electron chi connectivity index (χ4n) is 1.28. The van der Waals surface area contributed by atoms with Gasteiger partial charge in [0.25, 0.3) is 0 Å². The molecule has 1 heterocycles. The first kappa shape index (κ1) is 16.3. The molecule has 106 valence electrons. The molecule has 19 heavy (non-hydrogen) atoms. The van der Waals surface area contributed by atoms with E-state index >= 15 is 0 Å². The third-order valence-electron chi connectivity index (χ3n) is 2.03. The molecule has 0 amide bonds. The number of hydrogen-bond donors (Lipinski definition) is 0. The summed E-state index contributed by atoms with van der Waals surface area (Å²) in [5.41, 5.74) is -0.0893. The largest absolute Gasteiger partial charge is 0.345 e. The maximum absolute atomic E-state index is 11.2. The number of hydrogen-bond acceptors (Lipinski definition) is 7. The Bertz CT molecular complexity index is 476. The highest BCUT2D eigenvalue weighted by atomic mass is 32.2. The maximum Gasteiger partial charge on any atom is 0.345 e. The molecule has 6 nitrogen and oxygen atoms in total. The van der Waals surface area contributed by atoms with E-state index in [0.717, 1.165) is 29.9 Å². The predicted octanol–water partition coefficient (Wildman–Crippen LogP) is 4.57. The van der Waals surface area contributed by atoms with Crippen molar-refractivity contribution in [2.24, 2.45) is 0 Å². The van der Waals surface area contributed by atoms with Crippen molar-refractivity contribution in [2.75, 3.05) is 11.5 Å². The van der Waals surface area contributed by atoms with Gasteiger partial charge in [-0.2, -0.15) is 0 Å². The zero-order valence-corrected chi connectivity index (χ0v) is 13.0. The fourth-order valence-corrected chi connectivity index (χ4v) is 4.77. The molecule has 0 saturated carbocycles. The van der Waals surface area contributed by atoms with E-state index < -0.39 is 9.85 Å². The van der Waals surface area contributed by atoms with Crippen molar-refractivity contribution in [2.45, 2.75) is 35.8 Å². The molecule has 0 spiro atoms. The molecule has 0 aliphatic carbocycles. The van der Waals surface area contributed by atoms with Gasteiger partial charge in [0.1, 0.15) is 4.21 Å². The minimum Gasteiger partial charge on any atom is -0.258 e. The topological polar surface area (TPSA) is 86.3 Å². The molecule has 0 radical (unpaired) electrons. The highest BCUT2D eigenvalue weighted by molar-refractivity contribution is 8.02. The molecule has 0 atom stereocenters. The van der Waals surface area contributed by atoms with Crippen molar-refractivity contribution in [1.82, 2.24) is 0 Å². The van der Waals surface area contributed by atoms with Gasteiger partial charge in [-0.1, -0.05) is 13.8 Å². The lowest BCUT2D eigenvalue weighted by atomic mass is 10.5. The summed E-state index contributed by atoms with van der Waals surface area (Å²) in [6.45, 7) is 3.90. The summed E-state index contributed by atoms with van der Waals surface area (Å²) in [5.74, 6) is 1.35. The third kappa shape index (κ3) is 4.08. The lowest BCUT2D eigenvalue weighted by molar-refractivity contribution is -0.397. The molecular formula is C10H14N2O4S3. The summed E-state index contributed by atoms with van der Waals surface area (Å²) < 4.78 is 0.442. The smallest absolute Gasteiger partial charge is 0.258 e. The van der Waals surface area contributed by atoms with Crippen LogP contribution in [0.5, 0.6) is 0 Å². The lowest BCUT2D eigenvalue weighted by Crippen LogP contribution is -1.92. The summed E-state index contributed by atoms with van der Waals surface area (Å²) in [7, 11) is 0. The van der Waals surface area contributed by atoms with Crippen LogP contribution in [0.15, 0.2) is 9.10 Å². The number of thioether (sulfide) groups is 2. The molecule has 1 aromatic rings. The van der Waals surface area contributed by atoms with Gasteiger partial charge in [0.05, 0.1) is 9.85 Å². The summed E-state index contributed by atoms with van der Waals surface area (Å²) in [6, 6.07) is 0. The van der Waals surface area contributed by atoms with Crippen molar-refractivity contribution in [3.8, 4) is 0 Å². The Morgan fingerprint density at radius 2 is 1.63 bits per heavy atom. The monoisotopic (exact) mass is 322 g/mol. The van der Waals surface area contributed by atoms with E-state index in [4.69, 9.17) is 0 Å². The first-order valence-electron chi connectivity index (χ1n) is 5.74. The quantitative estimate of drug-likeness (QED) is 0.396. The number of thiophene rings is 1. The summed E-state index contributed by atoms with van der Waals surface area (Å²) >= 11 is 3.43. The average Bonchev–Trinajstić information content (AvgIpc) is 2.72. The van der Waals surface area contributed by atoms with Crippen LogP contribution in [0.25, 0.3) is 0 Å². The van der Waals surface area contributed by atoms with Crippen molar-refractivity contribution in [3.05, 3.63) is 20.2 Å². The Morgan fingerprint density at radius 1 is 1.05 bits per heavy atom. The van der Waals surface area contributed by atoms with E-state index in [-0.39, 0.29) is 15.6 Å². The SMILES string of the molecule is CCCSc1sc([N+](=O)[O-])c(SCCC)c1[N+](=O)[O-]. The van der Waals surface area contributed by atoms with E-state index in [9.17, 15) is 20.2 Å². The summed E-state index contributed by atoms with van der Waals surface area (Å²) in [6.07, 6.45) is 1.68. The van der Waals surface area contributed by atoms with Gasteiger partial charge in [0, 0.05) is 0 Å². The van der Waals surface area contributed by atoms with Crippen molar-refractivity contribution < 1.29 is 9.85 Å². The Labute approximate surface area is 123 Å². The molecular weight excluding hydrogens is 308 g/mol. The van der Waals surface area contributed by atoms with Gasteiger partial charge in [-0.25, -0.2) is 0 Å². The van der Waals surface area contributed by atoms with Crippen molar-refractivity contribution >= 4 is 45.5 Å². The molecule has 9 heteroatoms. The van der Waals surface area contributed by atoms with Gasteiger partial charge in [-0.05, 0) is 35.7 Å². The highest BCUT2D eigenvalue weighted by Crippen LogP contribution is 2.50. The number of nitrogens with zero attached hydrogens (tertiary/aromatic N) is 2. The molecule has 0 aliphatic heterocycles. The normalized spacial score (nSPS) is 10.6. The minimum atomic E-state index is -0.522. The number of nitro groups is 2. The van der Waals surface area contributed by atoms with E-state index in [1.165, 1.54) is 23.5 Å². The van der Waals surface area contributed by atoms with Crippen LogP contribution in [0, 0.1) is 20.2 Å². The van der Waals surface area contributed by atoms with E-state index in [1.54, 1.807) is 0 Å². The van der Waals surface area contributed by atoms with Gasteiger partial charge in [-0.3, -0.25) is 20.2 Å². The van der Waals surface area contributed by atoms with Crippen LogP contribution < -0.4 is 0 Å². The molecule has 0 aliphatic rings. The van der Waals surface area contributed by atoms with Crippen LogP contribution in [0.1, 0.15) is 26.7 Å². The summed E-state index contributed by atoms with van der Waals surface area (Å²) in [5, 5.41) is 22.1. The molecule has 0 saturated heterocycles. The van der Waals surface area contributed by atoms with E-state index in [1.807, 2.05) is 13.8 Å². The molecule has 0 fully saturated rings. The lowest BCUT2D eigenvalue weighted by Gasteiger charge is -1.98. The van der Waals surface area contributed by atoms with Crippen LogP contribution >= 0.6 is 34.9 Å². The zero-order chi connectivity index (χ0) is 14.4. The van der Waals surface area contributed by atoms with E-state index in [0.29, 0.717) is 9.96 Å². The molecule has 1 aromatic heterocycles. The Balaban J connectivity index is 3.24. The average molecular weight is 322 g/mol. The fraction of sp³-hybridized carbons (Fsp3) is 0.600. The zero-order valence-electron chi connectivity index (χ0n) is 10.6. The molecule has 0 bridgehead atoms. The minimum absolute atomic E-state index is 0.0893. The molecule has 0 unspecified atom stereocenters. The molecule has 0 aromatic carbocycles. The highest BCUT2D eigenvalue weighted by Gasteiger charge is 2.34. The first-order chi connectivity index (χ1) is 9.02. The van der Waals surface area contributed by atoms with Gasteiger partial charge in [0.2, 0.25) is 0 Å². The second-order valence-corrected chi connectivity index (χ2v) is 7.05. The van der Waals surface area contributed by atoms with Gasteiger partial charge >= 0.3 is 10.7 Å². The predicted molar refractivity (Wildman–Crippen MR) is 79.7 cm³/mol. The van der Waals surface area contributed by atoms with Crippen LogP contribution in [-0.4, -0.2) is 21.4 Å². The standard InChI is InChI=1S/C10H14N2O4S3/c1-3-5-17-8-7(11(13)14)10(18-6-4-2)19-9(8)12(15)16/h3-6H2,1-2H3. The second kappa shape index (κ2) is 7.71. The van der Waals surface area contributed by atoms with Crippen LogP contribution in [-0.2, 0) is 0 Å². The Kier molecular flexibility index (Phi) is 6.59. The van der Waals surface area contributed by atoms with Crippen LogP contribution in [0.2, 0.25) is 0 Å². The molecule has 0 N–H and O–H groups in total. The van der Waals surface area contributed by atoms with Gasteiger partial charge < -0.3 is 0 Å². The second-order valence-electron chi connectivity index (χ2n) is 3.58. The third-order valence-corrected chi connectivity index (χ3v) is 6.04. The number of rotatable bonds is 8. The summed E-state index contributed by atoms with van der Waals surface area (Å²) in [4.78, 5) is 21.4.